The fourth-order valence-electron chi connectivity index (χ4n) is 1.33. The maximum Gasteiger partial charge on any atom is 0.333 e. The zero-order valence-corrected chi connectivity index (χ0v) is 9.41. The van der Waals surface area contributed by atoms with Crippen LogP contribution in [0.1, 0.15) is 5.56 Å². The van der Waals surface area contributed by atoms with Gasteiger partial charge in [-0.1, -0.05) is 0 Å². The third kappa shape index (κ3) is 2.66. The first-order chi connectivity index (χ1) is 8.38. The highest BCUT2D eigenvalue weighted by Gasteiger charge is 2.15. The van der Waals surface area contributed by atoms with Gasteiger partial charge in [-0.2, -0.15) is 0 Å². The van der Waals surface area contributed by atoms with E-state index in [2.05, 4.69) is 0 Å². The number of carbonyl (C=O) groups is 2. The Kier molecular flexibility index (Phi) is 4.05. The molecule has 9 nitrogen and oxygen atoms in total. The molecule has 0 atom stereocenters. The van der Waals surface area contributed by atoms with Crippen LogP contribution in [0.15, 0.2) is 18.2 Å². The summed E-state index contributed by atoms with van der Waals surface area (Å²) in [5, 5.41) is 10.5. The quantitative estimate of drug-likeness (QED) is 0.256. The van der Waals surface area contributed by atoms with Gasteiger partial charge in [-0.05, 0) is 18.2 Å². The normalized spacial score (nSPS) is 9.94. The van der Waals surface area contributed by atoms with Gasteiger partial charge in [0, 0.05) is 5.56 Å². The molecule has 1 rings (SSSR count). The summed E-state index contributed by atoms with van der Waals surface area (Å²) < 4.78 is 0. The predicted octanol–water partition coefficient (Wildman–Crippen LogP) is -1.30. The van der Waals surface area contributed by atoms with Gasteiger partial charge >= 0.3 is 12.1 Å². The lowest BCUT2D eigenvalue weighted by atomic mass is 10.1. The van der Waals surface area contributed by atoms with E-state index in [1.807, 2.05) is 0 Å². The van der Waals surface area contributed by atoms with E-state index in [1.165, 1.54) is 18.2 Å². The monoisotopic (exact) mass is 254 g/mol. The average molecular weight is 254 g/mol. The van der Waals surface area contributed by atoms with Crippen molar-refractivity contribution in [1.29, 1.82) is 0 Å². The first-order valence-corrected chi connectivity index (χ1v) is 4.80. The number of primary amides is 2. The van der Waals surface area contributed by atoms with Gasteiger partial charge in [0.25, 0.3) is 0 Å². The van der Waals surface area contributed by atoms with Crippen molar-refractivity contribution in [2.75, 3.05) is 10.0 Å². The molecule has 1 aromatic carbocycles. The van der Waals surface area contributed by atoms with Crippen molar-refractivity contribution >= 4 is 23.4 Å². The molecular weight excluding hydrogens is 240 g/mol. The van der Waals surface area contributed by atoms with Gasteiger partial charge in [0.15, 0.2) is 0 Å². The second-order valence-corrected chi connectivity index (χ2v) is 3.39. The zero-order chi connectivity index (χ0) is 13.9. The van der Waals surface area contributed by atoms with Crippen molar-refractivity contribution in [1.82, 2.24) is 0 Å². The van der Waals surface area contributed by atoms with Crippen LogP contribution < -0.4 is 33.2 Å². The summed E-state index contributed by atoms with van der Waals surface area (Å²) in [6, 6.07) is 2.39. The molecule has 0 bridgehead atoms. The predicted molar refractivity (Wildman–Crippen MR) is 64.9 cm³/mol. The van der Waals surface area contributed by atoms with Crippen LogP contribution in [0.4, 0.5) is 21.0 Å². The maximum atomic E-state index is 10.9. The number of anilines is 2. The molecule has 0 aromatic heterocycles. The van der Waals surface area contributed by atoms with E-state index in [0.717, 1.165) is 0 Å². The molecule has 0 fully saturated rings. The standard InChI is InChI=1S/C9H14N6O3/c10-8(17)14(12)6-1-2-7(5(3-6)4-16)15(13)9(11)18/h1-3,16H,4,12-13H2,(H2,10,17)(H2,11,18). The van der Waals surface area contributed by atoms with Crippen LogP contribution in [0.5, 0.6) is 0 Å². The van der Waals surface area contributed by atoms with Crippen molar-refractivity contribution in [2.24, 2.45) is 23.2 Å². The summed E-state index contributed by atoms with van der Waals surface area (Å²) in [6.07, 6.45) is 0. The molecule has 98 valence electrons. The average Bonchev–Trinajstić information content (AvgIpc) is 2.35. The first kappa shape index (κ1) is 13.7. The molecule has 1 aromatic rings. The van der Waals surface area contributed by atoms with Crippen LogP contribution in [0.25, 0.3) is 0 Å². The number of hydrogen-bond donors (Lipinski definition) is 5. The second-order valence-electron chi connectivity index (χ2n) is 3.39. The molecule has 0 radical (unpaired) electrons. The van der Waals surface area contributed by atoms with Crippen molar-refractivity contribution in [3.05, 3.63) is 23.8 Å². The lowest BCUT2D eigenvalue weighted by Gasteiger charge is -2.20. The molecule has 0 saturated heterocycles. The number of hydrogen-bond acceptors (Lipinski definition) is 5. The van der Waals surface area contributed by atoms with Crippen molar-refractivity contribution in [2.45, 2.75) is 6.61 Å². The highest BCUT2D eigenvalue weighted by atomic mass is 16.3. The highest BCUT2D eigenvalue weighted by molar-refractivity contribution is 5.92. The van der Waals surface area contributed by atoms with Crippen LogP contribution in [0.2, 0.25) is 0 Å². The number of amides is 4. The molecule has 0 aliphatic carbocycles. The Bertz CT molecular complexity index is 477. The second kappa shape index (κ2) is 5.31. The van der Waals surface area contributed by atoms with E-state index >= 15 is 0 Å². The number of carbonyl (C=O) groups excluding carboxylic acids is 2. The summed E-state index contributed by atoms with van der Waals surface area (Å²) in [5.41, 5.74) is 10.7. The third-order valence-electron chi connectivity index (χ3n) is 2.25. The number of aliphatic hydroxyl groups excluding tert-OH is 1. The van der Waals surface area contributed by atoms with Gasteiger partial charge in [-0.15, -0.1) is 0 Å². The summed E-state index contributed by atoms with van der Waals surface area (Å²) in [4.78, 5) is 21.8. The topological polar surface area (TPSA) is 165 Å². The van der Waals surface area contributed by atoms with Crippen LogP contribution in [-0.2, 0) is 6.61 Å². The highest BCUT2D eigenvalue weighted by Crippen LogP contribution is 2.24. The minimum atomic E-state index is -0.892. The van der Waals surface area contributed by atoms with Gasteiger partial charge in [0.2, 0.25) is 0 Å². The summed E-state index contributed by atoms with van der Waals surface area (Å²) >= 11 is 0. The Morgan fingerprint density at radius 1 is 1.11 bits per heavy atom. The Balaban J connectivity index is 3.19. The van der Waals surface area contributed by atoms with Gasteiger partial charge in [0.05, 0.1) is 18.0 Å². The number of hydrazine groups is 2. The summed E-state index contributed by atoms with van der Waals surface area (Å²) in [7, 11) is 0. The van der Waals surface area contributed by atoms with Crippen molar-refractivity contribution in [3.63, 3.8) is 0 Å². The number of urea groups is 2. The number of aliphatic hydroxyl groups is 1. The van der Waals surface area contributed by atoms with Crippen LogP contribution in [0.3, 0.4) is 0 Å². The zero-order valence-electron chi connectivity index (χ0n) is 9.41. The SMILES string of the molecule is NC(=O)N(N)c1ccc(N(N)C(N)=O)c(CO)c1. The van der Waals surface area contributed by atoms with Gasteiger partial charge in [-0.25, -0.2) is 31.3 Å². The number of rotatable bonds is 3. The van der Waals surface area contributed by atoms with E-state index in [9.17, 15) is 14.7 Å². The van der Waals surface area contributed by atoms with Gasteiger partial charge in [0.1, 0.15) is 0 Å². The number of nitrogens with zero attached hydrogens (tertiary/aromatic N) is 2. The minimum absolute atomic E-state index is 0.201. The van der Waals surface area contributed by atoms with E-state index < -0.39 is 18.7 Å². The first-order valence-electron chi connectivity index (χ1n) is 4.80. The Hall–Kier alpha value is -2.36. The molecule has 0 heterocycles. The molecule has 9 heteroatoms. The molecule has 9 N–H and O–H groups in total. The molecule has 0 spiro atoms. The van der Waals surface area contributed by atoms with E-state index in [-0.39, 0.29) is 16.9 Å². The fraction of sp³-hybridized carbons (Fsp3) is 0.111. The fourth-order valence-corrected chi connectivity index (χ4v) is 1.33. The van der Waals surface area contributed by atoms with E-state index in [0.29, 0.717) is 10.0 Å². The lowest BCUT2D eigenvalue weighted by molar-refractivity contribution is 0.252. The molecule has 0 saturated carbocycles. The Morgan fingerprint density at radius 3 is 2.11 bits per heavy atom. The third-order valence-corrected chi connectivity index (χ3v) is 2.25. The van der Waals surface area contributed by atoms with Crippen molar-refractivity contribution in [3.8, 4) is 0 Å². The van der Waals surface area contributed by atoms with Gasteiger partial charge in [-0.3, -0.25) is 0 Å². The number of nitrogens with two attached hydrogens (primary N) is 4. The minimum Gasteiger partial charge on any atom is -0.392 e. The Labute approximate surface area is 102 Å². The van der Waals surface area contributed by atoms with Gasteiger partial charge < -0.3 is 16.6 Å². The number of benzene rings is 1. The maximum absolute atomic E-state index is 10.9. The van der Waals surface area contributed by atoms with Crippen LogP contribution >= 0.6 is 0 Å². The molecule has 0 unspecified atom stereocenters. The summed E-state index contributed by atoms with van der Waals surface area (Å²) in [5.74, 6) is 10.8. The summed E-state index contributed by atoms with van der Waals surface area (Å²) in [6.45, 7) is -0.420. The van der Waals surface area contributed by atoms with Crippen LogP contribution in [0, 0.1) is 0 Å². The van der Waals surface area contributed by atoms with E-state index in [4.69, 9.17) is 23.2 Å². The smallest absolute Gasteiger partial charge is 0.333 e. The molecule has 0 aliphatic rings. The largest absolute Gasteiger partial charge is 0.392 e. The molecule has 4 amide bonds. The Morgan fingerprint density at radius 2 is 1.67 bits per heavy atom. The van der Waals surface area contributed by atoms with E-state index in [1.54, 1.807) is 0 Å². The lowest BCUT2D eigenvalue weighted by Crippen LogP contribution is -2.43. The van der Waals surface area contributed by atoms with Crippen LogP contribution in [-0.4, -0.2) is 17.2 Å². The molecule has 0 aliphatic heterocycles. The molecule has 18 heavy (non-hydrogen) atoms. The van der Waals surface area contributed by atoms with Crippen molar-refractivity contribution < 1.29 is 14.7 Å². The molecular formula is C9H14N6O3.